The number of carbonyl (C=O) groups excluding carboxylic acids is 1. The van der Waals surface area contributed by atoms with E-state index in [9.17, 15) is 13.2 Å². The molecule has 0 saturated carbocycles. The number of sulfonamides is 1. The van der Waals surface area contributed by atoms with Crippen LogP contribution in [0.1, 0.15) is 18.4 Å². The maximum Gasteiger partial charge on any atom is 0.222 e. The molecule has 1 amide bonds. The van der Waals surface area contributed by atoms with Gasteiger partial charge in [0.05, 0.1) is 5.25 Å². The quantitative estimate of drug-likeness (QED) is 0.904. The molecule has 2 aromatic rings. The summed E-state index contributed by atoms with van der Waals surface area (Å²) >= 11 is 0. The van der Waals surface area contributed by atoms with Crippen molar-refractivity contribution < 1.29 is 13.2 Å². The molecule has 6 nitrogen and oxygen atoms in total. The van der Waals surface area contributed by atoms with Crippen LogP contribution < -0.4 is 5.14 Å². The molecule has 3 rings (SSSR count). The number of carbonyl (C=O) groups is 1. The number of nitrogens with zero attached hydrogens (tertiary/aromatic N) is 2. The van der Waals surface area contributed by atoms with Crippen LogP contribution in [0.25, 0.3) is 10.9 Å². The number of benzene rings is 1. The SMILES string of the molecule is Cn1cc(CCC(=O)N2CCC(S(N)(=O)=O)C2)c2ccccc21. The summed E-state index contributed by atoms with van der Waals surface area (Å²) in [6.07, 6.45) is 3.51. The minimum atomic E-state index is -3.56. The maximum atomic E-state index is 12.3. The lowest BCUT2D eigenvalue weighted by Gasteiger charge is -2.15. The van der Waals surface area contributed by atoms with Crippen molar-refractivity contribution in [1.82, 2.24) is 9.47 Å². The number of amides is 1. The van der Waals surface area contributed by atoms with E-state index < -0.39 is 15.3 Å². The van der Waals surface area contributed by atoms with Gasteiger partial charge in [-0.05, 0) is 24.5 Å². The second-order valence-corrected chi connectivity index (χ2v) is 7.97. The minimum absolute atomic E-state index is 0.0101. The van der Waals surface area contributed by atoms with Crippen LogP contribution in [0.5, 0.6) is 0 Å². The van der Waals surface area contributed by atoms with Crippen LogP contribution in [0, 0.1) is 0 Å². The van der Waals surface area contributed by atoms with Crippen molar-refractivity contribution >= 4 is 26.8 Å². The van der Waals surface area contributed by atoms with Crippen molar-refractivity contribution in [3.05, 3.63) is 36.0 Å². The van der Waals surface area contributed by atoms with Crippen LogP contribution in [0.3, 0.4) is 0 Å². The first-order chi connectivity index (χ1) is 10.9. The summed E-state index contributed by atoms with van der Waals surface area (Å²) in [6, 6.07) is 8.10. The lowest BCUT2D eigenvalue weighted by molar-refractivity contribution is -0.130. The van der Waals surface area contributed by atoms with Gasteiger partial charge in [0.2, 0.25) is 15.9 Å². The van der Waals surface area contributed by atoms with Crippen LogP contribution in [0.4, 0.5) is 0 Å². The molecule has 0 bridgehead atoms. The number of nitrogens with two attached hydrogens (primary N) is 1. The third kappa shape index (κ3) is 3.25. The van der Waals surface area contributed by atoms with E-state index >= 15 is 0 Å². The lowest BCUT2D eigenvalue weighted by atomic mass is 10.1. The first-order valence-corrected chi connectivity index (χ1v) is 9.29. The summed E-state index contributed by atoms with van der Waals surface area (Å²) in [7, 11) is -1.57. The van der Waals surface area contributed by atoms with Gasteiger partial charge in [-0.2, -0.15) is 0 Å². The minimum Gasteiger partial charge on any atom is -0.350 e. The molecule has 0 aliphatic carbocycles. The second-order valence-electron chi connectivity index (χ2n) is 6.12. The first kappa shape index (κ1) is 16.0. The molecule has 1 saturated heterocycles. The summed E-state index contributed by atoms with van der Waals surface area (Å²) in [5.74, 6) is -0.0101. The number of fused-ring (bicyclic) bond motifs is 1. The Morgan fingerprint density at radius 3 is 2.78 bits per heavy atom. The number of aryl methyl sites for hydroxylation is 2. The van der Waals surface area contributed by atoms with Gasteiger partial charge in [0.1, 0.15) is 0 Å². The number of likely N-dealkylation sites (tertiary alicyclic amines) is 1. The zero-order valence-electron chi connectivity index (χ0n) is 13.1. The maximum absolute atomic E-state index is 12.3. The van der Waals surface area contributed by atoms with Crippen LogP contribution in [-0.4, -0.2) is 42.1 Å². The van der Waals surface area contributed by atoms with Crippen LogP contribution in [0.15, 0.2) is 30.5 Å². The smallest absolute Gasteiger partial charge is 0.222 e. The molecule has 0 spiro atoms. The van der Waals surface area contributed by atoms with Crippen LogP contribution in [0.2, 0.25) is 0 Å². The molecule has 1 atom stereocenters. The Morgan fingerprint density at radius 2 is 2.09 bits per heavy atom. The van der Waals surface area contributed by atoms with E-state index in [2.05, 4.69) is 22.9 Å². The topological polar surface area (TPSA) is 85.4 Å². The molecule has 0 radical (unpaired) electrons. The third-order valence-electron chi connectivity index (χ3n) is 4.55. The summed E-state index contributed by atoms with van der Waals surface area (Å²) in [4.78, 5) is 13.9. The Kier molecular flexibility index (Phi) is 4.16. The third-order valence-corrected chi connectivity index (χ3v) is 5.86. The summed E-state index contributed by atoms with van der Waals surface area (Å²) in [6.45, 7) is 0.683. The van der Waals surface area contributed by atoms with Gasteiger partial charge in [-0.15, -0.1) is 0 Å². The molecule has 2 N–H and O–H groups in total. The highest BCUT2D eigenvalue weighted by atomic mass is 32.2. The predicted octanol–water partition coefficient (Wildman–Crippen LogP) is 1.00. The molecule has 7 heteroatoms. The summed E-state index contributed by atoms with van der Waals surface area (Å²) in [5.41, 5.74) is 2.28. The zero-order valence-corrected chi connectivity index (χ0v) is 13.9. The average Bonchev–Trinajstić information content (AvgIpc) is 3.11. The Balaban J connectivity index is 1.65. The second kappa shape index (κ2) is 5.98. The van der Waals surface area contributed by atoms with E-state index in [1.54, 1.807) is 4.90 Å². The number of primary sulfonamides is 1. The van der Waals surface area contributed by atoms with Crippen molar-refractivity contribution in [3.63, 3.8) is 0 Å². The molecular formula is C16H21N3O3S. The van der Waals surface area contributed by atoms with Crippen molar-refractivity contribution in [2.45, 2.75) is 24.5 Å². The van der Waals surface area contributed by atoms with Gasteiger partial charge in [-0.1, -0.05) is 18.2 Å². The highest BCUT2D eigenvalue weighted by Gasteiger charge is 2.32. The molecular weight excluding hydrogens is 314 g/mol. The largest absolute Gasteiger partial charge is 0.350 e. The number of rotatable bonds is 4. The van der Waals surface area contributed by atoms with Gasteiger partial charge in [-0.3, -0.25) is 4.79 Å². The summed E-state index contributed by atoms with van der Waals surface area (Å²) in [5, 5.41) is 5.70. The summed E-state index contributed by atoms with van der Waals surface area (Å²) < 4.78 is 24.8. The fraction of sp³-hybridized carbons (Fsp3) is 0.438. The number of aromatic nitrogens is 1. The van der Waals surface area contributed by atoms with Crippen LogP contribution in [-0.2, 0) is 28.3 Å². The van der Waals surface area contributed by atoms with Crippen molar-refractivity contribution in [2.75, 3.05) is 13.1 Å². The molecule has 23 heavy (non-hydrogen) atoms. The fourth-order valence-electron chi connectivity index (χ4n) is 3.25. The molecule has 1 unspecified atom stereocenters. The predicted molar refractivity (Wildman–Crippen MR) is 89.3 cm³/mol. The molecule has 1 fully saturated rings. The van der Waals surface area contributed by atoms with Gasteiger partial charge in [-0.25, -0.2) is 13.6 Å². The average molecular weight is 335 g/mol. The Bertz CT molecular complexity index is 841. The van der Waals surface area contributed by atoms with E-state index in [-0.39, 0.29) is 12.5 Å². The Labute approximate surface area is 135 Å². The normalized spacial score (nSPS) is 18.7. The first-order valence-electron chi connectivity index (χ1n) is 7.68. The molecule has 124 valence electrons. The van der Waals surface area contributed by atoms with Crippen LogP contribution >= 0.6 is 0 Å². The van der Waals surface area contributed by atoms with E-state index in [4.69, 9.17) is 5.14 Å². The van der Waals surface area contributed by atoms with Crippen molar-refractivity contribution in [2.24, 2.45) is 12.2 Å². The molecule has 1 aliphatic heterocycles. The van der Waals surface area contributed by atoms with E-state index in [1.807, 2.05) is 19.2 Å². The van der Waals surface area contributed by atoms with E-state index in [0.717, 1.165) is 16.5 Å². The molecule has 1 aromatic heterocycles. The van der Waals surface area contributed by atoms with E-state index in [1.165, 1.54) is 0 Å². The highest BCUT2D eigenvalue weighted by molar-refractivity contribution is 7.89. The molecule has 2 heterocycles. The molecule has 1 aromatic carbocycles. The monoisotopic (exact) mass is 335 g/mol. The van der Waals surface area contributed by atoms with Crippen molar-refractivity contribution in [1.29, 1.82) is 0 Å². The van der Waals surface area contributed by atoms with Gasteiger partial charge in [0.25, 0.3) is 0 Å². The standard InChI is InChI=1S/C16H21N3O3S/c1-18-10-12(14-4-2-3-5-15(14)18)6-7-16(20)19-9-8-13(11-19)23(17,21)22/h2-5,10,13H,6-9,11H2,1H3,(H2,17,21,22). The van der Waals surface area contributed by atoms with Gasteiger partial charge < -0.3 is 9.47 Å². The van der Waals surface area contributed by atoms with Gasteiger partial charge >= 0.3 is 0 Å². The Morgan fingerprint density at radius 1 is 1.35 bits per heavy atom. The van der Waals surface area contributed by atoms with Crippen molar-refractivity contribution in [3.8, 4) is 0 Å². The molecule has 1 aliphatic rings. The number of para-hydroxylation sites is 1. The number of hydrogen-bond donors (Lipinski definition) is 1. The Hall–Kier alpha value is -1.86. The lowest BCUT2D eigenvalue weighted by Crippen LogP contribution is -2.34. The fourth-order valence-corrected chi connectivity index (χ4v) is 4.07. The van der Waals surface area contributed by atoms with Gasteiger partial charge in [0, 0.05) is 43.7 Å². The highest BCUT2D eigenvalue weighted by Crippen LogP contribution is 2.22. The van der Waals surface area contributed by atoms with E-state index in [0.29, 0.717) is 25.8 Å². The van der Waals surface area contributed by atoms with Gasteiger partial charge in [0.15, 0.2) is 0 Å². The zero-order chi connectivity index (χ0) is 16.6. The number of hydrogen-bond acceptors (Lipinski definition) is 3.